The van der Waals surface area contributed by atoms with E-state index < -0.39 is 0 Å². The fraction of sp³-hybridized carbons (Fsp3) is 0.625. The first-order valence-electron chi connectivity index (χ1n) is 7.21. The fourth-order valence-electron chi connectivity index (χ4n) is 2.81. The summed E-state index contributed by atoms with van der Waals surface area (Å²) in [6, 6.07) is 9.26. The van der Waals surface area contributed by atoms with E-state index in [0.29, 0.717) is 0 Å². The van der Waals surface area contributed by atoms with Crippen LogP contribution in [0, 0.1) is 0 Å². The molecule has 1 aliphatic heterocycles. The summed E-state index contributed by atoms with van der Waals surface area (Å²) in [5, 5.41) is 3.22. The van der Waals surface area contributed by atoms with Crippen molar-refractivity contribution in [2.75, 3.05) is 33.7 Å². The molecule has 2 rings (SSSR count). The van der Waals surface area contributed by atoms with E-state index in [0.717, 1.165) is 12.5 Å². The van der Waals surface area contributed by atoms with E-state index in [1.165, 1.54) is 44.3 Å². The SMILES string of the molecule is CNCCCc1cccc(C2CCN(C)CC2)c1. The maximum Gasteiger partial charge on any atom is -0.00159 e. The molecule has 0 amide bonds. The molecule has 2 heteroatoms. The average Bonchev–Trinajstić information content (AvgIpc) is 2.40. The Labute approximate surface area is 111 Å². The van der Waals surface area contributed by atoms with Crippen LogP contribution in [0.5, 0.6) is 0 Å². The zero-order valence-electron chi connectivity index (χ0n) is 11.8. The van der Waals surface area contributed by atoms with Gasteiger partial charge in [0.1, 0.15) is 0 Å². The summed E-state index contributed by atoms with van der Waals surface area (Å²) in [7, 11) is 4.25. The lowest BCUT2D eigenvalue weighted by molar-refractivity contribution is 0.255. The number of rotatable bonds is 5. The van der Waals surface area contributed by atoms with E-state index in [2.05, 4.69) is 41.5 Å². The smallest absolute Gasteiger partial charge is 0.00159 e. The minimum atomic E-state index is 0.783. The van der Waals surface area contributed by atoms with Gasteiger partial charge in [-0.1, -0.05) is 24.3 Å². The van der Waals surface area contributed by atoms with Gasteiger partial charge in [-0.15, -0.1) is 0 Å². The van der Waals surface area contributed by atoms with Gasteiger partial charge in [0.25, 0.3) is 0 Å². The monoisotopic (exact) mass is 246 g/mol. The molecule has 1 fully saturated rings. The van der Waals surface area contributed by atoms with Crippen molar-refractivity contribution in [2.24, 2.45) is 0 Å². The van der Waals surface area contributed by atoms with Gasteiger partial charge in [-0.25, -0.2) is 0 Å². The van der Waals surface area contributed by atoms with E-state index in [4.69, 9.17) is 0 Å². The lowest BCUT2D eigenvalue weighted by Crippen LogP contribution is -2.29. The highest BCUT2D eigenvalue weighted by Gasteiger charge is 2.18. The van der Waals surface area contributed by atoms with Gasteiger partial charge in [0.15, 0.2) is 0 Å². The third-order valence-corrected chi connectivity index (χ3v) is 4.03. The lowest BCUT2D eigenvalue weighted by Gasteiger charge is -2.29. The summed E-state index contributed by atoms with van der Waals surface area (Å²) in [5.41, 5.74) is 3.06. The molecule has 1 saturated heterocycles. The van der Waals surface area contributed by atoms with Crippen molar-refractivity contribution in [3.05, 3.63) is 35.4 Å². The van der Waals surface area contributed by atoms with Crippen molar-refractivity contribution in [1.82, 2.24) is 10.2 Å². The number of benzene rings is 1. The van der Waals surface area contributed by atoms with Crippen molar-refractivity contribution in [3.63, 3.8) is 0 Å². The van der Waals surface area contributed by atoms with Crippen LogP contribution in [-0.4, -0.2) is 38.6 Å². The molecule has 0 aromatic heterocycles. The standard InChI is InChI=1S/C16H26N2/c1-17-10-4-6-14-5-3-7-16(13-14)15-8-11-18(2)12-9-15/h3,5,7,13,15,17H,4,6,8-12H2,1-2H3. The van der Waals surface area contributed by atoms with Gasteiger partial charge in [-0.2, -0.15) is 0 Å². The Kier molecular flexibility index (Phi) is 5.21. The van der Waals surface area contributed by atoms with Crippen molar-refractivity contribution < 1.29 is 0 Å². The maximum absolute atomic E-state index is 3.22. The van der Waals surface area contributed by atoms with Crippen LogP contribution in [0.2, 0.25) is 0 Å². The Balaban J connectivity index is 1.94. The second kappa shape index (κ2) is 6.91. The van der Waals surface area contributed by atoms with Crippen LogP contribution in [0.3, 0.4) is 0 Å². The Morgan fingerprint density at radius 1 is 1.28 bits per heavy atom. The van der Waals surface area contributed by atoms with Crippen LogP contribution in [-0.2, 0) is 6.42 Å². The lowest BCUT2D eigenvalue weighted by atomic mass is 9.88. The molecule has 1 aliphatic rings. The predicted octanol–water partition coefficient (Wildman–Crippen LogP) is 2.65. The summed E-state index contributed by atoms with van der Waals surface area (Å²) in [5.74, 6) is 0.783. The van der Waals surface area contributed by atoms with Gasteiger partial charge in [-0.05, 0) is 76.5 Å². The molecule has 0 radical (unpaired) electrons. The number of nitrogens with zero attached hydrogens (tertiary/aromatic N) is 1. The molecule has 0 aliphatic carbocycles. The maximum atomic E-state index is 3.22. The van der Waals surface area contributed by atoms with Crippen LogP contribution in [0.25, 0.3) is 0 Å². The van der Waals surface area contributed by atoms with Crippen molar-refractivity contribution in [3.8, 4) is 0 Å². The zero-order valence-corrected chi connectivity index (χ0v) is 11.8. The predicted molar refractivity (Wildman–Crippen MR) is 78.2 cm³/mol. The Hall–Kier alpha value is -0.860. The van der Waals surface area contributed by atoms with Crippen LogP contribution in [0.1, 0.15) is 36.3 Å². The van der Waals surface area contributed by atoms with Gasteiger partial charge in [-0.3, -0.25) is 0 Å². The Morgan fingerprint density at radius 2 is 2.06 bits per heavy atom. The molecule has 2 nitrogen and oxygen atoms in total. The first-order valence-corrected chi connectivity index (χ1v) is 7.21. The van der Waals surface area contributed by atoms with Crippen molar-refractivity contribution >= 4 is 0 Å². The first kappa shape index (κ1) is 13.6. The summed E-state index contributed by atoms with van der Waals surface area (Å²) in [4.78, 5) is 2.44. The molecule has 0 spiro atoms. The highest BCUT2D eigenvalue weighted by molar-refractivity contribution is 5.27. The number of hydrogen-bond donors (Lipinski definition) is 1. The number of nitrogens with one attached hydrogen (secondary N) is 1. The molecule has 0 bridgehead atoms. The molecular formula is C16H26N2. The second-order valence-corrected chi connectivity index (χ2v) is 5.53. The molecule has 1 N–H and O–H groups in total. The second-order valence-electron chi connectivity index (χ2n) is 5.53. The van der Waals surface area contributed by atoms with Gasteiger partial charge in [0.2, 0.25) is 0 Å². The van der Waals surface area contributed by atoms with E-state index in [-0.39, 0.29) is 0 Å². The third-order valence-electron chi connectivity index (χ3n) is 4.03. The molecule has 100 valence electrons. The van der Waals surface area contributed by atoms with Crippen molar-refractivity contribution in [2.45, 2.75) is 31.6 Å². The number of aryl methyl sites for hydroxylation is 1. The quantitative estimate of drug-likeness (QED) is 0.804. The van der Waals surface area contributed by atoms with Gasteiger partial charge in [0.05, 0.1) is 0 Å². The van der Waals surface area contributed by atoms with E-state index in [1.54, 1.807) is 5.56 Å². The van der Waals surface area contributed by atoms with Crippen LogP contribution in [0.4, 0.5) is 0 Å². The zero-order chi connectivity index (χ0) is 12.8. The minimum absolute atomic E-state index is 0.783. The summed E-state index contributed by atoms with van der Waals surface area (Å²) < 4.78 is 0. The van der Waals surface area contributed by atoms with Crippen LogP contribution >= 0.6 is 0 Å². The molecule has 1 heterocycles. The largest absolute Gasteiger partial charge is 0.320 e. The number of likely N-dealkylation sites (tertiary alicyclic amines) is 1. The van der Waals surface area contributed by atoms with E-state index >= 15 is 0 Å². The van der Waals surface area contributed by atoms with Crippen LogP contribution < -0.4 is 5.32 Å². The molecule has 0 atom stereocenters. The molecule has 1 aromatic carbocycles. The van der Waals surface area contributed by atoms with Gasteiger partial charge < -0.3 is 10.2 Å². The number of piperidine rings is 1. The average molecular weight is 246 g/mol. The molecule has 1 aromatic rings. The third kappa shape index (κ3) is 3.82. The van der Waals surface area contributed by atoms with E-state index in [1.807, 2.05) is 7.05 Å². The fourth-order valence-corrected chi connectivity index (χ4v) is 2.81. The van der Waals surface area contributed by atoms with Gasteiger partial charge in [0, 0.05) is 0 Å². The highest BCUT2D eigenvalue weighted by atomic mass is 15.1. The van der Waals surface area contributed by atoms with Gasteiger partial charge >= 0.3 is 0 Å². The molecule has 0 unspecified atom stereocenters. The molecular weight excluding hydrogens is 220 g/mol. The minimum Gasteiger partial charge on any atom is -0.320 e. The Bertz CT molecular complexity index is 354. The topological polar surface area (TPSA) is 15.3 Å². The van der Waals surface area contributed by atoms with E-state index in [9.17, 15) is 0 Å². The summed E-state index contributed by atoms with van der Waals surface area (Å²) in [6.45, 7) is 3.60. The molecule has 18 heavy (non-hydrogen) atoms. The van der Waals surface area contributed by atoms with Crippen LogP contribution in [0.15, 0.2) is 24.3 Å². The molecule has 0 saturated carbocycles. The summed E-state index contributed by atoms with van der Waals surface area (Å²) >= 11 is 0. The summed E-state index contributed by atoms with van der Waals surface area (Å²) in [6.07, 6.45) is 5.06. The Morgan fingerprint density at radius 3 is 2.78 bits per heavy atom. The van der Waals surface area contributed by atoms with Crippen molar-refractivity contribution in [1.29, 1.82) is 0 Å². The normalized spacial score (nSPS) is 18.1. The highest BCUT2D eigenvalue weighted by Crippen LogP contribution is 2.28. The first-order chi connectivity index (χ1) is 8.79. The number of hydrogen-bond acceptors (Lipinski definition) is 2.